The largest absolute Gasteiger partial charge is 0.397 e. The summed E-state index contributed by atoms with van der Waals surface area (Å²) in [5, 5.41) is 0.857. The first-order valence-electron chi connectivity index (χ1n) is 6.53. The topological polar surface area (TPSA) is 59.2 Å². The van der Waals surface area contributed by atoms with Crippen molar-refractivity contribution in [1.82, 2.24) is 9.88 Å². The minimum atomic E-state index is -0.0475. The Morgan fingerprint density at radius 1 is 1.50 bits per heavy atom. The number of thiophene rings is 1. The van der Waals surface area contributed by atoms with Crippen LogP contribution in [0.5, 0.6) is 0 Å². The Bertz CT molecular complexity index is 675. The highest BCUT2D eigenvalue weighted by molar-refractivity contribution is 7.21. The molecule has 0 aliphatic heterocycles. The number of pyridine rings is 1. The summed E-state index contributed by atoms with van der Waals surface area (Å²) in [6, 6.07) is 3.83. The van der Waals surface area contributed by atoms with Gasteiger partial charge < -0.3 is 10.6 Å². The molecular formula is C15H19N3OS. The van der Waals surface area contributed by atoms with Crippen molar-refractivity contribution in [1.29, 1.82) is 0 Å². The number of nitrogens with zero attached hydrogens (tertiary/aromatic N) is 2. The number of nitrogen functional groups attached to an aromatic ring is 1. The number of aromatic nitrogens is 1. The normalized spacial score (nSPS) is 10.8. The predicted molar refractivity (Wildman–Crippen MR) is 85.2 cm³/mol. The van der Waals surface area contributed by atoms with E-state index in [2.05, 4.69) is 11.6 Å². The molecule has 20 heavy (non-hydrogen) atoms. The standard InChI is InChI=1S/C15H19N3OS/c1-5-18(8-9(2)3)15(19)13-12(16)11-7-6-10(4)17-14(11)20-13/h6-7H,2,5,8,16H2,1,3-4H3. The van der Waals surface area contributed by atoms with Crippen molar-refractivity contribution in [2.24, 2.45) is 0 Å². The first-order valence-corrected chi connectivity index (χ1v) is 7.35. The zero-order chi connectivity index (χ0) is 14.9. The van der Waals surface area contributed by atoms with Crippen molar-refractivity contribution in [3.05, 3.63) is 34.9 Å². The third kappa shape index (κ3) is 2.67. The quantitative estimate of drug-likeness (QED) is 0.879. The summed E-state index contributed by atoms with van der Waals surface area (Å²) in [6.07, 6.45) is 0. The highest BCUT2D eigenvalue weighted by Gasteiger charge is 2.21. The van der Waals surface area contributed by atoms with E-state index in [4.69, 9.17) is 5.73 Å². The summed E-state index contributed by atoms with van der Waals surface area (Å²) in [5.41, 5.74) is 8.52. The highest BCUT2D eigenvalue weighted by Crippen LogP contribution is 2.33. The SMILES string of the molecule is C=C(C)CN(CC)C(=O)c1sc2nc(C)ccc2c1N. The molecule has 2 heterocycles. The second-order valence-electron chi connectivity index (χ2n) is 4.93. The molecule has 0 atom stereocenters. The molecule has 4 nitrogen and oxygen atoms in total. The van der Waals surface area contributed by atoms with Gasteiger partial charge in [-0.25, -0.2) is 4.98 Å². The average Bonchev–Trinajstić information content (AvgIpc) is 2.71. The summed E-state index contributed by atoms with van der Waals surface area (Å²) >= 11 is 1.36. The van der Waals surface area contributed by atoms with Crippen molar-refractivity contribution >= 4 is 33.1 Å². The molecule has 0 fully saturated rings. The van der Waals surface area contributed by atoms with E-state index in [1.165, 1.54) is 11.3 Å². The molecule has 0 unspecified atom stereocenters. The van der Waals surface area contributed by atoms with Gasteiger partial charge in [0, 0.05) is 24.2 Å². The van der Waals surface area contributed by atoms with Crippen LogP contribution in [0.2, 0.25) is 0 Å². The fraction of sp³-hybridized carbons (Fsp3) is 0.333. The van der Waals surface area contributed by atoms with Gasteiger partial charge in [-0.15, -0.1) is 11.3 Å². The summed E-state index contributed by atoms with van der Waals surface area (Å²) in [6.45, 7) is 10.8. The maximum Gasteiger partial charge on any atom is 0.266 e. The van der Waals surface area contributed by atoms with E-state index in [0.29, 0.717) is 23.7 Å². The third-order valence-electron chi connectivity index (χ3n) is 3.06. The Hall–Kier alpha value is -1.88. The molecule has 0 spiro atoms. The second kappa shape index (κ2) is 5.63. The summed E-state index contributed by atoms with van der Waals surface area (Å²) in [7, 11) is 0. The molecule has 1 amide bonds. The van der Waals surface area contributed by atoms with E-state index >= 15 is 0 Å². The van der Waals surface area contributed by atoms with Gasteiger partial charge in [-0.1, -0.05) is 12.2 Å². The molecule has 2 N–H and O–H groups in total. The molecule has 0 aromatic carbocycles. The number of carbonyl (C=O) groups is 1. The Balaban J connectivity index is 2.43. The molecule has 0 radical (unpaired) electrons. The van der Waals surface area contributed by atoms with Crippen LogP contribution in [0.3, 0.4) is 0 Å². The second-order valence-corrected chi connectivity index (χ2v) is 5.93. The lowest BCUT2D eigenvalue weighted by Gasteiger charge is -2.20. The molecular weight excluding hydrogens is 270 g/mol. The van der Waals surface area contributed by atoms with Crippen molar-refractivity contribution < 1.29 is 4.79 Å². The van der Waals surface area contributed by atoms with Crippen LogP contribution in [0.25, 0.3) is 10.2 Å². The van der Waals surface area contributed by atoms with Gasteiger partial charge >= 0.3 is 0 Å². The van der Waals surface area contributed by atoms with Gasteiger partial charge in [0.05, 0.1) is 5.69 Å². The summed E-state index contributed by atoms with van der Waals surface area (Å²) in [5.74, 6) is -0.0475. The first-order chi connectivity index (χ1) is 9.43. The van der Waals surface area contributed by atoms with Crippen molar-refractivity contribution in [2.45, 2.75) is 20.8 Å². The number of nitrogens with two attached hydrogens (primary N) is 1. The predicted octanol–water partition coefficient (Wildman–Crippen LogP) is 3.23. The molecule has 106 valence electrons. The van der Waals surface area contributed by atoms with Gasteiger partial charge in [0.15, 0.2) is 0 Å². The molecule has 5 heteroatoms. The van der Waals surface area contributed by atoms with Crippen molar-refractivity contribution in [3.8, 4) is 0 Å². The van der Waals surface area contributed by atoms with Gasteiger partial charge in [0.2, 0.25) is 0 Å². The number of aryl methyl sites for hydroxylation is 1. The van der Waals surface area contributed by atoms with Gasteiger partial charge in [-0.05, 0) is 32.9 Å². The smallest absolute Gasteiger partial charge is 0.266 e. The minimum Gasteiger partial charge on any atom is -0.397 e. The van der Waals surface area contributed by atoms with Crippen molar-refractivity contribution in [2.75, 3.05) is 18.8 Å². The van der Waals surface area contributed by atoms with Crippen LogP contribution in [-0.4, -0.2) is 28.9 Å². The van der Waals surface area contributed by atoms with Crippen LogP contribution >= 0.6 is 11.3 Å². The lowest BCUT2D eigenvalue weighted by Crippen LogP contribution is -2.32. The summed E-state index contributed by atoms with van der Waals surface area (Å²) < 4.78 is 0. The Morgan fingerprint density at radius 3 is 2.80 bits per heavy atom. The molecule has 2 aromatic heterocycles. The number of hydrogen-bond acceptors (Lipinski definition) is 4. The molecule has 0 aliphatic carbocycles. The van der Waals surface area contributed by atoms with E-state index in [-0.39, 0.29) is 5.91 Å². The van der Waals surface area contributed by atoms with Gasteiger partial charge in [-0.2, -0.15) is 0 Å². The monoisotopic (exact) mass is 289 g/mol. The zero-order valence-corrected chi connectivity index (χ0v) is 12.9. The van der Waals surface area contributed by atoms with E-state index in [1.54, 1.807) is 4.90 Å². The number of likely N-dealkylation sites (N-methyl/N-ethyl adjacent to an activating group) is 1. The molecule has 0 aliphatic rings. The number of anilines is 1. The van der Waals surface area contributed by atoms with Gasteiger partial charge in [-0.3, -0.25) is 4.79 Å². The number of carbonyl (C=O) groups excluding carboxylic acids is 1. The fourth-order valence-electron chi connectivity index (χ4n) is 2.05. The van der Waals surface area contributed by atoms with Crippen LogP contribution in [-0.2, 0) is 0 Å². The fourth-order valence-corrected chi connectivity index (χ4v) is 3.15. The Morgan fingerprint density at radius 2 is 2.20 bits per heavy atom. The third-order valence-corrected chi connectivity index (χ3v) is 4.16. The van der Waals surface area contributed by atoms with Crippen LogP contribution in [0.4, 0.5) is 5.69 Å². The van der Waals surface area contributed by atoms with E-state index in [0.717, 1.165) is 21.5 Å². The Labute approximate surface area is 122 Å². The van der Waals surface area contributed by atoms with Crippen LogP contribution in [0.15, 0.2) is 24.3 Å². The maximum absolute atomic E-state index is 12.6. The van der Waals surface area contributed by atoms with Gasteiger partial charge in [0.1, 0.15) is 9.71 Å². The zero-order valence-electron chi connectivity index (χ0n) is 12.1. The Kier molecular flexibility index (Phi) is 4.09. The van der Waals surface area contributed by atoms with Gasteiger partial charge in [0.25, 0.3) is 5.91 Å². The van der Waals surface area contributed by atoms with Crippen LogP contribution < -0.4 is 5.73 Å². The summed E-state index contributed by atoms with van der Waals surface area (Å²) in [4.78, 5) is 20.1. The number of fused-ring (bicyclic) bond motifs is 1. The molecule has 2 aromatic rings. The lowest BCUT2D eigenvalue weighted by atomic mass is 10.2. The maximum atomic E-state index is 12.6. The number of amides is 1. The number of hydrogen-bond donors (Lipinski definition) is 1. The average molecular weight is 289 g/mol. The minimum absolute atomic E-state index is 0.0475. The van der Waals surface area contributed by atoms with E-state index in [9.17, 15) is 4.79 Å². The van der Waals surface area contributed by atoms with E-state index in [1.807, 2.05) is 32.9 Å². The lowest BCUT2D eigenvalue weighted by molar-refractivity contribution is 0.0784. The van der Waals surface area contributed by atoms with Crippen molar-refractivity contribution in [3.63, 3.8) is 0 Å². The molecule has 0 saturated heterocycles. The van der Waals surface area contributed by atoms with E-state index < -0.39 is 0 Å². The number of rotatable bonds is 4. The molecule has 0 saturated carbocycles. The van der Waals surface area contributed by atoms with Crippen LogP contribution in [0.1, 0.15) is 29.2 Å². The highest BCUT2D eigenvalue weighted by atomic mass is 32.1. The molecule has 0 bridgehead atoms. The molecule has 2 rings (SSSR count). The first kappa shape index (κ1) is 14.5. The van der Waals surface area contributed by atoms with Crippen LogP contribution in [0, 0.1) is 6.92 Å².